The van der Waals surface area contributed by atoms with E-state index in [2.05, 4.69) is 14.8 Å². The van der Waals surface area contributed by atoms with Crippen LogP contribution in [-0.4, -0.2) is 17.6 Å². The third-order valence-corrected chi connectivity index (χ3v) is 2.29. The molecule has 4 nitrogen and oxygen atoms in total. The number of nitrogens with zero attached hydrogens (tertiary/aromatic N) is 1. The molecule has 0 bridgehead atoms. The Morgan fingerprint density at radius 2 is 2.24 bits per heavy atom. The van der Waals surface area contributed by atoms with Crippen LogP contribution in [0.25, 0.3) is 10.9 Å². The molecule has 0 radical (unpaired) electrons. The van der Waals surface area contributed by atoms with Crippen LogP contribution in [0.15, 0.2) is 36.5 Å². The summed E-state index contributed by atoms with van der Waals surface area (Å²) in [5.41, 5.74) is 1.80. The molecule has 0 aliphatic rings. The number of pyridine rings is 1. The average Bonchev–Trinajstić information content (AvgIpc) is 2.36. The first-order chi connectivity index (χ1) is 8.29. The van der Waals surface area contributed by atoms with Crippen LogP contribution in [0.4, 0.5) is 0 Å². The first-order valence-corrected chi connectivity index (χ1v) is 5.45. The number of hydrogen-bond acceptors (Lipinski definition) is 4. The zero-order valence-corrected chi connectivity index (χ0v) is 9.55. The summed E-state index contributed by atoms with van der Waals surface area (Å²) in [6, 6.07) is 9.50. The van der Waals surface area contributed by atoms with Crippen molar-refractivity contribution in [2.75, 3.05) is 6.61 Å². The maximum Gasteiger partial charge on any atom is 0.346 e. The fourth-order valence-electron chi connectivity index (χ4n) is 1.56. The molecule has 0 saturated carbocycles. The zero-order valence-electron chi connectivity index (χ0n) is 9.55. The lowest BCUT2D eigenvalue weighted by Gasteiger charge is -2.03. The third kappa shape index (κ3) is 3.01. The van der Waals surface area contributed by atoms with E-state index in [4.69, 9.17) is 0 Å². The van der Waals surface area contributed by atoms with E-state index in [-0.39, 0.29) is 6.42 Å². The molecule has 0 spiro atoms. The van der Waals surface area contributed by atoms with E-state index >= 15 is 0 Å². The number of carbonyl (C=O) groups excluding carboxylic acids is 1. The minimum atomic E-state index is -0.393. The minimum Gasteiger partial charge on any atom is -0.298 e. The Balaban J connectivity index is 2.11. The van der Waals surface area contributed by atoms with Gasteiger partial charge in [0.25, 0.3) is 0 Å². The van der Waals surface area contributed by atoms with E-state index in [1.165, 1.54) is 0 Å². The summed E-state index contributed by atoms with van der Waals surface area (Å²) < 4.78 is 0. The summed E-state index contributed by atoms with van der Waals surface area (Å²) >= 11 is 0. The number of rotatable bonds is 4. The second kappa shape index (κ2) is 5.41. The molecule has 0 atom stereocenters. The standard InChI is InChI=1S/C13H13NO3/c1-2-16-17-13(15)9-10-5-6-12-11(8-10)4-3-7-14-12/h3-8H,2,9H2,1H3. The summed E-state index contributed by atoms with van der Waals surface area (Å²) in [7, 11) is 0. The Labute approximate surface area is 99.1 Å². The largest absolute Gasteiger partial charge is 0.346 e. The van der Waals surface area contributed by atoms with Gasteiger partial charge in [0.15, 0.2) is 0 Å². The number of hydrogen-bond donors (Lipinski definition) is 0. The highest BCUT2D eigenvalue weighted by Crippen LogP contribution is 2.13. The van der Waals surface area contributed by atoms with E-state index in [0.717, 1.165) is 16.5 Å². The van der Waals surface area contributed by atoms with Crippen LogP contribution in [0, 0.1) is 0 Å². The maximum atomic E-state index is 11.3. The summed E-state index contributed by atoms with van der Waals surface area (Å²) in [5, 5.41) is 1.01. The summed E-state index contributed by atoms with van der Waals surface area (Å²) in [5.74, 6) is -0.393. The third-order valence-electron chi connectivity index (χ3n) is 2.29. The average molecular weight is 231 g/mol. The Kier molecular flexibility index (Phi) is 3.67. The first kappa shape index (κ1) is 11.5. The Morgan fingerprint density at radius 3 is 3.06 bits per heavy atom. The normalized spacial score (nSPS) is 10.4. The van der Waals surface area contributed by atoms with E-state index in [1.807, 2.05) is 30.3 Å². The van der Waals surface area contributed by atoms with Crippen molar-refractivity contribution in [3.05, 3.63) is 42.1 Å². The Hall–Kier alpha value is -1.94. The van der Waals surface area contributed by atoms with Gasteiger partial charge >= 0.3 is 5.97 Å². The van der Waals surface area contributed by atoms with Gasteiger partial charge in [-0.3, -0.25) is 9.87 Å². The summed E-state index contributed by atoms with van der Waals surface area (Å²) in [4.78, 5) is 24.7. The topological polar surface area (TPSA) is 48.4 Å². The van der Waals surface area contributed by atoms with Crippen LogP contribution in [0.3, 0.4) is 0 Å². The van der Waals surface area contributed by atoms with Gasteiger partial charge in [-0.25, -0.2) is 4.79 Å². The number of carbonyl (C=O) groups is 1. The monoisotopic (exact) mass is 231 g/mol. The molecule has 88 valence electrons. The highest BCUT2D eigenvalue weighted by molar-refractivity contribution is 5.81. The fraction of sp³-hybridized carbons (Fsp3) is 0.231. The van der Waals surface area contributed by atoms with Gasteiger partial charge in [-0.05, 0) is 30.7 Å². The first-order valence-electron chi connectivity index (χ1n) is 5.45. The van der Waals surface area contributed by atoms with Crippen molar-refractivity contribution < 1.29 is 14.6 Å². The molecule has 1 aromatic carbocycles. The van der Waals surface area contributed by atoms with Gasteiger partial charge in [-0.1, -0.05) is 12.1 Å². The number of benzene rings is 1. The predicted octanol–water partition coefficient (Wildman–Crippen LogP) is 2.27. The maximum absolute atomic E-state index is 11.3. The molecular formula is C13H13NO3. The molecule has 0 aliphatic carbocycles. The minimum absolute atomic E-state index is 0.199. The van der Waals surface area contributed by atoms with E-state index in [9.17, 15) is 4.79 Å². The van der Waals surface area contributed by atoms with Gasteiger partial charge in [-0.2, -0.15) is 4.89 Å². The quantitative estimate of drug-likeness (QED) is 0.598. The van der Waals surface area contributed by atoms with Crippen LogP contribution in [-0.2, 0) is 21.0 Å². The van der Waals surface area contributed by atoms with Gasteiger partial charge in [-0.15, -0.1) is 0 Å². The highest BCUT2D eigenvalue weighted by Gasteiger charge is 2.06. The second-order valence-electron chi connectivity index (χ2n) is 3.57. The van der Waals surface area contributed by atoms with E-state index < -0.39 is 5.97 Å². The summed E-state index contributed by atoms with van der Waals surface area (Å²) in [6.07, 6.45) is 1.94. The molecule has 1 aromatic heterocycles. The lowest BCUT2D eigenvalue weighted by atomic mass is 10.1. The van der Waals surface area contributed by atoms with Crippen LogP contribution in [0.2, 0.25) is 0 Å². The van der Waals surface area contributed by atoms with Crippen LogP contribution in [0.1, 0.15) is 12.5 Å². The van der Waals surface area contributed by atoms with Gasteiger partial charge in [0, 0.05) is 11.6 Å². The van der Waals surface area contributed by atoms with Crippen molar-refractivity contribution in [3.8, 4) is 0 Å². The molecule has 2 rings (SSSR count). The molecule has 4 heteroatoms. The fourth-order valence-corrected chi connectivity index (χ4v) is 1.56. The van der Waals surface area contributed by atoms with Crippen molar-refractivity contribution in [3.63, 3.8) is 0 Å². The van der Waals surface area contributed by atoms with Gasteiger partial charge in [0.05, 0.1) is 18.5 Å². The van der Waals surface area contributed by atoms with Crippen LogP contribution < -0.4 is 0 Å². The molecule has 1 heterocycles. The lowest BCUT2D eigenvalue weighted by Crippen LogP contribution is -2.08. The van der Waals surface area contributed by atoms with Gasteiger partial charge in [0.2, 0.25) is 0 Å². The second-order valence-corrected chi connectivity index (χ2v) is 3.57. The van der Waals surface area contributed by atoms with Crippen molar-refractivity contribution in [2.45, 2.75) is 13.3 Å². The molecule has 0 fully saturated rings. The molecule has 0 N–H and O–H groups in total. The molecule has 2 aromatic rings. The van der Waals surface area contributed by atoms with Gasteiger partial charge in [0.1, 0.15) is 0 Å². The smallest absolute Gasteiger partial charge is 0.298 e. The molecule has 17 heavy (non-hydrogen) atoms. The van der Waals surface area contributed by atoms with Crippen molar-refractivity contribution in [1.82, 2.24) is 4.98 Å². The number of aromatic nitrogens is 1. The van der Waals surface area contributed by atoms with Crippen LogP contribution >= 0.6 is 0 Å². The highest BCUT2D eigenvalue weighted by atomic mass is 17.2. The molecule has 0 saturated heterocycles. The molecule has 0 unspecified atom stereocenters. The Bertz CT molecular complexity index is 525. The van der Waals surface area contributed by atoms with E-state index in [1.54, 1.807) is 13.1 Å². The Morgan fingerprint density at radius 1 is 1.35 bits per heavy atom. The predicted molar refractivity (Wildman–Crippen MR) is 63.2 cm³/mol. The zero-order chi connectivity index (χ0) is 12.1. The molecular weight excluding hydrogens is 218 g/mol. The molecule has 0 amide bonds. The van der Waals surface area contributed by atoms with Crippen molar-refractivity contribution >= 4 is 16.9 Å². The van der Waals surface area contributed by atoms with Crippen molar-refractivity contribution in [2.24, 2.45) is 0 Å². The van der Waals surface area contributed by atoms with Crippen molar-refractivity contribution in [1.29, 1.82) is 0 Å². The summed E-state index contributed by atoms with van der Waals surface area (Å²) in [6.45, 7) is 2.11. The van der Waals surface area contributed by atoms with E-state index in [0.29, 0.717) is 6.61 Å². The van der Waals surface area contributed by atoms with Gasteiger partial charge < -0.3 is 0 Å². The van der Waals surface area contributed by atoms with Crippen LogP contribution in [0.5, 0.6) is 0 Å². The lowest BCUT2D eigenvalue weighted by molar-refractivity contribution is -0.268. The number of fused-ring (bicyclic) bond motifs is 1. The molecule has 0 aliphatic heterocycles. The SMILES string of the molecule is CCOOC(=O)Cc1ccc2ncccc2c1.